The molecule has 0 unspecified atom stereocenters. The van der Waals surface area contributed by atoms with Gasteiger partial charge in [-0.1, -0.05) is 6.07 Å². The minimum absolute atomic E-state index is 0.158. The first kappa shape index (κ1) is 12.0. The molecular formula is C9H13NO4S. The Morgan fingerprint density at radius 3 is 2.53 bits per heavy atom. The van der Waals surface area contributed by atoms with Crippen LogP contribution in [0.5, 0.6) is 5.75 Å². The van der Waals surface area contributed by atoms with Crippen LogP contribution in [0.3, 0.4) is 0 Å². The van der Waals surface area contributed by atoms with E-state index in [1.807, 2.05) is 0 Å². The molecule has 0 saturated heterocycles. The molecular weight excluding hydrogens is 218 g/mol. The summed E-state index contributed by atoms with van der Waals surface area (Å²) in [6.45, 7) is 0.209. The van der Waals surface area contributed by atoms with Crippen LogP contribution in [0, 0.1) is 0 Å². The van der Waals surface area contributed by atoms with Crippen molar-refractivity contribution in [3.05, 3.63) is 23.8 Å². The van der Waals surface area contributed by atoms with Gasteiger partial charge in [-0.15, -0.1) is 0 Å². The summed E-state index contributed by atoms with van der Waals surface area (Å²) < 4.78 is 27.7. The van der Waals surface area contributed by atoms with Crippen molar-refractivity contribution in [2.24, 2.45) is 5.90 Å². The Labute approximate surface area is 88.7 Å². The van der Waals surface area contributed by atoms with Gasteiger partial charge >= 0.3 is 0 Å². The minimum Gasteiger partial charge on any atom is -0.495 e. The first-order valence-corrected chi connectivity index (χ1v) is 6.07. The Balaban J connectivity index is 3.21. The molecule has 84 valence electrons. The van der Waals surface area contributed by atoms with E-state index in [-0.39, 0.29) is 11.5 Å². The van der Waals surface area contributed by atoms with E-state index >= 15 is 0 Å². The van der Waals surface area contributed by atoms with Crippen molar-refractivity contribution in [3.63, 3.8) is 0 Å². The van der Waals surface area contributed by atoms with Crippen LogP contribution in [0.4, 0.5) is 0 Å². The summed E-state index contributed by atoms with van der Waals surface area (Å²) in [5.74, 6) is 5.22. The zero-order valence-electron chi connectivity index (χ0n) is 8.56. The highest BCUT2D eigenvalue weighted by atomic mass is 32.2. The molecule has 0 aromatic heterocycles. The molecule has 0 fully saturated rings. The second kappa shape index (κ2) is 4.61. The Kier molecular flexibility index (Phi) is 3.67. The van der Waals surface area contributed by atoms with Crippen LogP contribution < -0.4 is 10.6 Å². The largest absolute Gasteiger partial charge is 0.495 e. The standard InChI is InChI=1S/C9H13NO4S/c1-13-8-5-7(6-14-10)3-4-9(8)15(2,11)12/h3-5H,6,10H2,1-2H3. The molecule has 0 aliphatic carbocycles. The topological polar surface area (TPSA) is 78.6 Å². The smallest absolute Gasteiger partial charge is 0.179 e. The maximum Gasteiger partial charge on any atom is 0.179 e. The lowest BCUT2D eigenvalue weighted by atomic mass is 10.2. The molecule has 0 aliphatic heterocycles. The van der Waals surface area contributed by atoms with Gasteiger partial charge in [0.1, 0.15) is 10.6 Å². The van der Waals surface area contributed by atoms with Crippen LogP contribution in [0.15, 0.2) is 23.1 Å². The molecule has 1 rings (SSSR count). The molecule has 15 heavy (non-hydrogen) atoms. The molecule has 6 heteroatoms. The molecule has 0 atom stereocenters. The van der Waals surface area contributed by atoms with Crippen molar-refractivity contribution in [1.29, 1.82) is 0 Å². The van der Waals surface area contributed by atoms with E-state index < -0.39 is 9.84 Å². The van der Waals surface area contributed by atoms with Gasteiger partial charge in [0.25, 0.3) is 0 Å². The SMILES string of the molecule is COc1cc(CON)ccc1S(C)(=O)=O. The van der Waals surface area contributed by atoms with Gasteiger partial charge in [-0.2, -0.15) is 0 Å². The van der Waals surface area contributed by atoms with Crippen molar-refractivity contribution < 1.29 is 18.0 Å². The lowest BCUT2D eigenvalue weighted by Gasteiger charge is -2.08. The van der Waals surface area contributed by atoms with Crippen LogP contribution in [-0.2, 0) is 21.3 Å². The summed E-state index contributed by atoms with van der Waals surface area (Å²) in [4.78, 5) is 4.61. The normalized spacial score (nSPS) is 11.4. The predicted molar refractivity (Wildman–Crippen MR) is 55.1 cm³/mol. The maximum atomic E-state index is 11.3. The van der Waals surface area contributed by atoms with Gasteiger partial charge in [-0.3, -0.25) is 4.84 Å². The Hall–Kier alpha value is -1.11. The number of benzene rings is 1. The molecule has 0 saturated carbocycles. The predicted octanol–water partition coefficient (Wildman–Crippen LogP) is 0.489. The number of ether oxygens (including phenoxy) is 1. The number of nitrogens with two attached hydrogens (primary N) is 1. The van der Waals surface area contributed by atoms with Crippen molar-refractivity contribution in [2.75, 3.05) is 13.4 Å². The van der Waals surface area contributed by atoms with Crippen molar-refractivity contribution in [1.82, 2.24) is 0 Å². The van der Waals surface area contributed by atoms with E-state index in [0.717, 1.165) is 11.8 Å². The fourth-order valence-electron chi connectivity index (χ4n) is 1.20. The van der Waals surface area contributed by atoms with E-state index in [1.165, 1.54) is 13.2 Å². The van der Waals surface area contributed by atoms with Crippen molar-refractivity contribution in [2.45, 2.75) is 11.5 Å². The molecule has 2 N–H and O–H groups in total. The van der Waals surface area contributed by atoms with Crippen LogP contribution in [-0.4, -0.2) is 21.8 Å². The van der Waals surface area contributed by atoms with Gasteiger partial charge in [-0.05, 0) is 17.7 Å². The van der Waals surface area contributed by atoms with Crippen LogP contribution in [0.2, 0.25) is 0 Å². The molecule has 0 heterocycles. The summed E-state index contributed by atoms with van der Waals surface area (Å²) in [5, 5.41) is 0. The molecule has 0 bridgehead atoms. The van der Waals surface area contributed by atoms with Crippen LogP contribution >= 0.6 is 0 Å². The maximum absolute atomic E-state index is 11.3. The molecule has 1 aromatic rings. The third kappa shape index (κ3) is 2.92. The molecule has 0 radical (unpaired) electrons. The Bertz CT molecular complexity index is 441. The third-order valence-corrected chi connectivity index (χ3v) is 3.01. The summed E-state index contributed by atoms with van der Waals surface area (Å²) in [5.41, 5.74) is 0.752. The Morgan fingerprint density at radius 1 is 1.40 bits per heavy atom. The minimum atomic E-state index is -3.27. The molecule has 0 spiro atoms. The van der Waals surface area contributed by atoms with E-state index in [9.17, 15) is 8.42 Å². The molecule has 1 aromatic carbocycles. The molecule has 5 nitrogen and oxygen atoms in total. The quantitative estimate of drug-likeness (QED) is 0.763. The second-order valence-electron chi connectivity index (χ2n) is 3.07. The number of methoxy groups -OCH3 is 1. The van der Waals surface area contributed by atoms with E-state index in [2.05, 4.69) is 4.84 Å². The first-order valence-electron chi connectivity index (χ1n) is 4.17. The summed E-state index contributed by atoms with van der Waals surface area (Å²) in [6.07, 6.45) is 1.13. The van der Waals surface area contributed by atoms with Crippen LogP contribution in [0.1, 0.15) is 5.56 Å². The summed E-state index contributed by atoms with van der Waals surface area (Å²) in [7, 11) is -1.86. The van der Waals surface area contributed by atoms with Gasteiger partial charge < -0.3 is 4.74 Å². The summed E-state index contributed by atoms with van der Waals surface area (Å²) >= 11 is 0. The Morgan fingerprint density at radius 2 is 2.07 bits per heavy atom. The van der Waals surface area contributed by atoms with Crippen molar-refractivity contribution in [3.8, 4) is 5.75 Å². The van der Waals surface area contributed by atoms with Gasteiger partial charge in [0.05, 0.1) is 13.7 Å². The highest BCUT2D eigenvalue weighted by Gasteiger charge is 2.14. The summed E-state index contributed by atoms with van der Waals surface area (Å²) in [6, 6.07) is 4.69. The number of hydrogen-bond acceptors (Lipinski definition) is 5. The molecule has 0 amide bonds. The van der Waals surface area contributed by atoms with E-state index in [0.29, 0.717) is 5.75 Å². The van der Waals surface area contributed by atoms with Gasteiger partial charge in [0, 0.05) is 6.26 Å². The first-order chi connectivity index (χ1) is 6.99. The lowest BCUT2D eigenvalue weighted by molar-refractivity contribution is 0.124. The monoisotopic (exact) mass is 231 g/mol. The molecule has 0 aliphatic rings. The van der Waals surface area contributed by atoms with Crippen LogP contribution in [0.25, 0.3) is 0 Å². The zero-order chi connectivity index (χ0) is 11.5. The van der Waals surface area contributed by atoms with E-state index in [4.69, 9.17) is 10.6 Å². The zero-order valence-corrected chi connectivity index (χ0v) is 9.37. The third-order valence-electron chi connectivity index (χ3n) is 1.88. The average molecular weight is 231 g/mol. The highest BCUT2D eigenvalue weighted by molar-refractivity contribution is 7.90. The van der Waals surface area contributed by atoms with Gasteiger partial charge in [0.2, 0.25) is 0 Å². The number of sulfone groups is 1. The second-order valence-corrected chi connectivity index (χ2v) is 5.05. The number of rotatable bonds is 4. The highest BCUT2D eigenvalue weighted by Crippen LogP contribution is 2.24. The van der Waals surface area contributed by atoms with Crippen molar-refractivity contribution >= 4 is 9.84 Å². The fraction of sp³-hybridized carbons (Fsp3) is 0.333. The van der Waals surface area contributed by atoms with Gasteiger partial charge in [-0.25, -0.2) is 14.3 Å². The van der Waals surface area contributed by atoms with E-state index in [1.54, 1.807) is 12.1 Å². The van der Waals surface area contributed by atoms with Gasteiger partial charge in [0.15, 0.2) is 9.84 Å². The number of hydrogen-bond donors (Lipinski definition) is 1. The lowest BCUT2D eigenvalue weighted by Crippen LogP contribution is -2.03. The fourth-order valence-corrected chi connectivity index (χ4v) is 2.03. The average Bonchev–Trinajstić information content (AvgIpc) is 2.16.